The van der Waals surface area contributed by atoms with Gasteiger partial charge in [0.2, 0.25) is 0 Å². The lowest BCUT2D eigenvalue weighted by atomic mass is 9.99. The molecule has 0 fully saturated rings. The minimum atomic E-state index is 0.668. The number of hydrogen-bond donors (Lipinski definition) is 0. The van der Waals surface area contributed by atoms with E-state index in [0.29, 0.717) is 13.0 Å². The summed E-state index contributed by atoms with van der Waals surface area (Å²) in [6, 6.07) is 42.0. The largest absolute Gasteiger partial charge is 0.320 e. The first-order chi connectivity index (χ1) is 18.8. The molecule has 5 heteroatoms. The maximum Gasteiger partial charge on any atom is 0.169 e. The van der Waals surface area contributed by atoms with Gasteiger partial charge in [0.05, 0.1) is 11.1 Å². The van der Waals surface area contributed by atoms with Crippen molar-refractivity contribution in [3.05, 3.63) is 145 Å². The highest BCUT2D eigenvalue weighted by Gasteiger charge is 2.24. The van der Waals surface area contributed by atoms with E-state index in [1.807, 2.05) is 22.7 Å². The van der Waals surface area contributed by atoms with E-state index < -0.39 is 0 Å². The summed E-state index contributed by atoms with van der Waals surface area (Å²) in [6.45, 7) is 0.697. The molecule has 0 radical (unpaired) electrons. The third-order valence-corrected chi connectivity index (χ3v) is 6.92. The van der Waals surface area contributed by atoms with E-state index in [-0.39, 0.29) is 0 Å². The van der Waals surface area contributed by atoms with Gasteiger partial charge >= 0.3 is 0 Å². The average molecular weight is 492 g/mol. The van der Waals surface area contributed by atoms with Crippen LogP contribution in [0.4, 0.5) is 0 Å². The molecular formula is C33H25N5. The van der Waals surface area contributed by atoms with Crippen molar-refractivity contribution in [1.29, 1.82) is 0 Å². The van der Waals surface area contributed by atoms with E-state index in [0.717, 1.165) is 44.9 Å². The number of fused-ring (bicyclic) bond motifs is 3. The van der Waals surface area contributed by atoms with Gasteiger partial charge in [-0.1, -0.05) is 121 Å². The van der Waals surface area contributed by atoms with Crippen LogP contribution in [0.2, 0.25) is 0 Å². The molecule has 0 atom stereocenters. The van der Waals surface area contributed by atoms with E-state index in [1.54, 1.807) is 6.33 Å². The second-order valence-corrected chi connectivity index (χ2v) is 9.43. The van der Waals surface area contributed by atoms with Gasteiger partial charge in [-0.2, -0.15) is 0 Å². The summed E-state index contributed by atoms with van der Waals surface area (Å²) in [5.41, 5.74) is 8.65. The van der Waals surface area contributed by atoms with Crippen LogP contribution in [0.15, 0.2) is 128 Å². The number of nitrogens with zero attached hydrogens (tertiary/aromatic N) is 5. The van der Waals surface area contributed by atoms with Crippen LogP contribution in [-0.4, -0.2) is 24.1 Å². The van der Waals surface area contributed by atoms with Crippen LogP contribution in [0, 0.1) is 0 Å². The molecule has 0 saturated carbocycles. The minimum Gasteiger partial charge on any atom is -0.320 e. The summed E-state index contributed by atoms with van der Waals surface area (Å²) < 4.78 is 4.16. The van der Waals surface area contributed by atoms with Gasteiger partial charge in [0.15, 0.2) is 11.5 Å². The molecule has 0 aliphatic carbocycles. The second kappa shape index (κ2) is 9.45. The normalized spacial score (nSPS) is 11.4. The van der Waals surface area contributed by atoms with Crippen LogP contribution in [0.3, 0.4) is 0 Å². The Bertz CT molecular complexity index is 1840. The number of aromatic nitrogens is 5. The smallest absolute Gasteiger partial charge is 0.169 e. The van der Waals surface area contributed by atoms with Gasteiger partial charge < -0.3 is 4.57 Å². The fourth-order valence-electron chi connectivity index (χ4n) is 5.24. The van der Waals surface area contributed by atoms with Crippen molar-refractivity contribution >= 4 is 16.7 Å². The zero-order valence-electron chi connectivity index (χ0n) is 20.8. The van der Waals surface area contributed by atoms with Gasteiger partial charge in [-0.05, 0) is 22.3 Å². The number of benzene rings is 4. The SMILES string of the molecule is c1ccc(Cc2nc3c4c(-c5ccccc5)c(-c5ccccc5)n(Cc5ccccc5)c4ncn3n2)cc1. The predicted octanol–water partition coefficient (Wildman–Crippen LogP) is 7.05. The fraction of sp³-hybridized carbons (Fsp3) is 0.0606. The Labute approximate surface area is 220 Å². The van der Waals surface area contributed by atoms with Crippen molar-refractivity contribution in [2.75, 3.05) is 0 Å². The lowest BCUT2D eigenvalue weighted by Crippen LogP contribution is -2.03. The Balaban J connectivity index is 1.54. The fourth-order valence-corrected chi connectivity index (χ4v) is 5.24. The summed E-state index contributed by atoms with van der Waals surface area (Å²) in [6.07, 6.45) is 2.46. The highest BCUT2D eigenvalue weighted by Crippen LogP contribution is 2.42. The molecule has 3 aromatic heterocycles. The standard InChI is InChI=1S/C33H25N5/c1-5-13-24(14-6-1)21-28-35-33-30-29(26-17-9-3-10-18-26)31(27-19-11-4-12-20-27)37(22-25-15-7-2-8-16-25)32(30)34-23-38(33)36-28/h1-20,23H,21-22H2. The minimum absolute atomic E-state index is 0.668. The third kappa shape index (κ3) is 3.95. The van der Waals surface area contributed by atoms with Crippen LogP contribution in [0.1, 0.15) is 17.0 Å². The highest BCUT2D eigenvalue weighted by molar-refractivity contribution is 6.09. The van der Waals surface area contributed by atoms with Gasteiger partial charge in [0.25, 0.3) is 0 Å². The molecule has 0 amide bonds. The van der Waals surface area contributed by atoms with Gasteiger partial charge in [-0.3, -0.25) is 0 Å². The average Bonchev–Trinajstić information content (AvgIpc) is 3.53. The number of rotatable bonds is 6. The molecule has 0 aliphatic heterocycles. The summed E-state index contributed by atoms with van der Waals surface area (Å²) >= 11 is 0. The first kappa shape index (κ1) is 22.2. The van der Waals surface area contributed by atoms with Gasteiger partial charge in [-0.25, -0.2) is 14.5 Å². The van der Waals surface area contributed by atoms with Gasteiger partial charge in [0.1, 0.15) is 12.0 Å². The van der Waals surface area contributed by atoms with Crippen molar-refractivity contribution in [2.45, 2.75) is 13.0 Å². The Hall–Kier alpha value is -5.03. The van der Waals surface area contributed by atoms with Crippen molar-refractivity contribution in [1.82, 2.24) is 24.1 Å². The molecular weight excluding hydrogens is 466 g/mol. The topological polar surface area (TPSA) is 48.0 Å². The third-order valence-electron chi connectivity index (χ3n) is 6.92. The predicted molar refractivity (Wildman–Crippen MR) is 152 cm³/mol. The van der Waals surface area contributed by atoms with E-state index >= 15 is 0 Å². The first-order valence-corrected chi connectivity index (χ1v) is 12.8. The molecule has 7 rings (SSSR count). The Morgan fingerprint density at radius 2 is 1.16 bits per heavy atom. The van der Waals surface area contributed by atoms with Crippen molar-refractivity contribution in [3.63, 3.8) is 0 Å². The molecule has 5 nitrogen and oxygen atoms in total. The van der Waals surface area contributed by atoms with E-state index in [9.17, 15) is 0 Å². The van der Waals surface area contributed by atoms with Crippen molar-refractivity contribution in [3.8, 4) is 22.4 Å². The lowest BCUT2D eigenvalue weighted by Gasteiger charge is -2.13. The molecule has 0 bridgehead atoms. The molecule has 38 heavy (non-hydrogen) atoms. The molecule has 0 aliphatic rings. The number of hydrogen-bond acceptors (Lipinski definition) is 3. The van der Waals surface area contributed by atoms with Gasteiger partial charge in [-0.15, -0.1) is 5.10 Å². The van der Waals surface area contributed by atoms with Crippen molar-refractivity contribution in [2.24, 2.45) is 0 Å². The quantitative estimate of drug-likeness (QED) is 0.250. The molecule has 7 aromatic rings. The maximum absolute atomic E-state index is 5.08. The summed E-state index contributed by atoms with van der Waals surface area (Å²) in [7, 11) is 0. The van der Waals surface area contributed by atoms with Crippen LogP contribution in [-0.2, 0) is 13.0 Å². The Kier molecular flexibility index (Phi) is 5.52. The summed E-state index contributed by atoms with van der Waals surface area (Å²) in [5.74, 6) is 0.779. The van der Waals surface area contributed by atoms with Crippen LogP contribution >= 0.6 is 0 Å². The first-order valence-electron chi connectivity index (χ1n) is 12.8. The molecule has 0 N–H and O–H groups in total. The van der Waals surface area contributed by atoms with Crippen molar-refractivity contribution < 1.29 is 0 Å². The summed E-state index contributed by atoms with van der Waals surface area (Å²) in [5, 5.41) is 5.84. The Morgan fingerprint density at radius 3 is 1.82 bits per heavy atom. The van der Waals surface area contributed by atoms with E-state index in [1.165, 1.54) is 11.1 Å². The molecule has 4 aromatic carbocycles. The van der Waals surface area contributed by atoms with Gasteiger partial charge in [0, 0.05) is 18.5 Å². The second-order valence-electron chi connectivity index (χ2n) is 9.43. The van der Waals surface area contributed by atoms with Crippen LogP contribution in [0.5, 0.6) is 0 Å². The maximum atomic E-state index is 5.08. The Morgan fingerprint density at radius 1 is 0.579 bits per heavy atom. The summed E-state index contributed by atoms with van der Waals surface area (Å²) in [4.78, 5) is 10.1. The molecule has 0 unspecified atom stereocenters. The highest BCUT2D eigenvalue weighted by atomic mass is 15.3. The molecule has 0 spiro atoms. The molecule has 0 saturated heterocycles. The van der Waals surface area contributed by atoms with Crippen LogP contribution < -0.4 is 0 Å². The van der Waals surface area contributed by atoms with Crippen LogP contribution in [0.25, 0.3) is 39.1 Å². The van der Waals surface area contributed by atoms with E-state index in [4.69, 9.17) is 15.1 Å². The monoisotopic (exact) mass is 491 g/mol. The molecule has 182 valence electrons. The lowest BCUT2D eigenvalue weighted by molar-refractivity contribution is 0.823. The molecule has 3 heterocycles. The zero-order valence-corrected chi connectivity index (χ0v) is 20.8. The zero-order chi connectivity index (χ0) is 25.3. The van der Waals surface area contributed by atoms with E-state index in [2.05, 4.69) is 108 Å².